The highest BCUT2D eigenvalue weighted by molar-refractivity contribution is 5.78. The molecule has 0 saturated carbocycles. The summed E-state index contributed by atoms with van der Waals surface area (Å²) >= 11 is 0. The van der Waals surface area contributed by atoms with Gasteiger partial charge in [0.25, 0.3) is 0 Å². The molecule has 0 aliphatic heterocycles. The standard InChI is InChI=1S/C11H24N2O2/c1-5-8-13(7-3)9-11(4,10(14)15)12-6-2/h12H,5-9H2,1-4H3,(H,14,15). The van der Waals surface area contributed by atoms with Crippen LogP contribution in [-0.4, -0.2) is 47.7 Å². The first-order valence-corrected chi connectivity index (χ1v) is 5.70. The molecule has 0 aromatic heterocycles. The van der Waals surface area contributed by atoms with Gasteiger partial charge in [-0.2, -0.15) is 0 Å². The summed E-state index contributed by atoms with van der Waals surface area (Å²) in [4.78, 5) is 13.3. The van der Waals surface area contributed by atoms with Gasteiger partial charge in [0.05, 0.1) is 0 Å². The zero-order chi connectivity index (χ0) is 11.9. The topological polar surface area (TPSA) is 52.6 Å². The highest BCUT2D eigenvalue weighted by Crippen LogP contribution is 2.07. The zero-order valence-electron chi connectivity index (χ0n) is 10.3. The fourth-order valence-corrected chi connectivity index (χ4v) is 1.70. The maximum absolute atomic E-state index is 11.2. The molecule has 1 unspecified atom stereocenters. The minimum Gasteiger partial charge on any atom is -0.480 e. The normalized spacial score (nSPS) is 15.3. The fourth-order valence-electron chi connectivity index (χ4n) is 1.70. The van der Waals surface area contributed by atoms with Gasteiger partial charge >= 0.3 is 5.97 Å². The van der Waals surface area contributed by atoms with E-state index in [0.717, 1.165) is 19.5 Å². The fraction of sp³-hybridized carbons (Fsp3) is 0.909. The van der Waals surface area contributed by atoms with E-state index in [1.165, 1.54) is 0 Å². The Labute approximate surface area is 92.7 Å². The summed E-state index contributed by atoms with van der Waals surface area (Å²) in [5.74, 6) is -0.779. The van der Waals surface area contributed by atoms with Crippen molar-refractivity contribution in [2.45, 2.75) is 39.7 Å². The van der Waals surface area contributed by atoms with Crippen LogP contribution in [0.3, 0.4) is 0 Å². The van der Waals surface area contributed by atoms with Crippen LogP contribution in [0.4, 0.5) is 0 Å². The number of carboxylic acids is 1. The van der Waals surface area contributed by atoms with E-state index < -0.39 is 11.5 Å². The highest BCUT2D eigenvalue weighted by Gasteiger charge is 2.33. The lowest BCUT2D eigenvalue weighted by Crippen LogP contribution is -2.56. The highest BCUT2D eigenvalue weighted by atomic mass is 16.4. The zero-order valence-corrected chi connectivity index (χ0v) is 10.3. The second kappa shape index (κ2) is 6.80. The third-order valence-corrected chi connectivity index (χ3v) is 2.57. The van der Waals surface area contributed by atoms with Crippen molar-refractivity contribution in [2.75, 3.05) is 26.2 Å². The Morgan fingerprint density at radius 2 is 2.00 bits per heavy atom. The molecule has 0 heterocycles. The van der Waals surface area contributed by atoms with Gasteiger partial charge in [-0.3, -0.25) is 4.79 Å². The third-order valence-electron chi connectivity index (χ3n) is 2.57. The summed E-state index contributed by atoms with van der Waals surface area (Å²) in [6.45, 7) is 10.9. The van der Waals surface area contributed by atoms with Crippen molar-refractivity contribution >= 4 is 5.97 Å². The molecular formula is C11H24N2O2. The second-order valence-corrected chi connectivity index (χ2v) is 4.04. The summed E-state index contributed by atoms with van der Waals surface area (Å²) in [5, 5.41) is 12.2. The minimum absolute atomic E-state index is 0.556. The lowest BCUT2D eigenvalue weighted by Gasteiger charge is -2.32. The summed E-state index contributed by atoms with van der Waals surface area (Å²) in [6.07, 6.45) is 1.05. The molecule has 90 valence electrons. The number of hydrogen-bond acceptors (Lipinski definition) is 3. The van der Waals surface area contributed by atoms with E-state index in [2.05, 4.69) is 24.1 Å². The van der Waals surface area contributed by atoms with Crippen LogP contribution in [0.25, 0.3) is 0 Å². The van der Waals surface area contributed by atoms with E-state index in [-0.39, 0.29) is 0 Å². The summed E-state index contributed by atoms with van der Waals surface area (Å²) < 4.78 is 0. The average molecular weight is 216 g/mol. The number of aliphatic carboxylic acids is 1. The van der Waals surface area contributed by atoms with Crippen LogP contribution < -0.4 is 5.32 Å². The lowest BCUT2D eigenvalue weighted by molar-refractivity contribution is -0.145. The number of nitrogens with one attached hydrogen (secondary N) is 1. The van der Waals surface area contributed by atoms with Gasteiger partial charge in [0, 0.05) is 6.54 Å². The molecule has 4 nitrogen and oxygen atoms in total. The van der Waals surface area contributed by atoms with Crippen molar-refractivity contribution in [1.29, 1.82) is 0 Å². The quantitative estimate of drug-likeness (QED) is 0.639. The Morgan fingerprint density at radius 1 is 1.40 bits per heavy atom. The predicted octanol–water partition coefficient (Wildman–Crippen LogP) is 1.17. The van der Waals surface area contributed by atoms with Crippen molar-refractivity contribution in [2.24, 2.45) is 0 Å². The van der Waals surface area contributed by atoms with Crippen molar-refractivity contribution in [3.05, 3.63) is 0 Å². The number of nitrogens with zero attached hydrogens (tertiary/aromatic N) is 1. The third kappa shape index (κ3) is 4.62. The Morgan fingerprint density at radius 3 is 2.33 bits per heavy atom. The Hall–Kier alpha value is -0.610. The molecule has 0 saturated heterocycles. The molecule has 2 N–H and O–H groups in total. The molecule has 0 aliphatic rings. The van der Waals surface area contributed by atoms with Gasteiger partial charge in [0.15, 0.2) is 0 Å². The average Bonchev–Trinajstić information content (AvgIpc) is 2.17. The molecule has 1 atom stereocenters. The first-order valence-electron chi connectivity index (χ1n) is 5.70. The SMILES string of the molecule is CCCN(CC)CC(C)(NCC)C(=O)O. The molecule has 0 amide bonds. The van der Waals surface area contributed by atoms with Gasteiger partial charge in [-0.05, 0) is 33.0 Å². The molecule has 15 heavy (non-hydrogen) atoms. The van der Waals surface area contributed by atoms with E-state index in [1.54, 1.807) is 6.92 Å². The van der Waals surface area contributed by atoms with Gasteiger partial charge in [-0.25, -0.2) is 0 Å². The van der Waals surface area contributed by atoms with Gasteiger partial charge in [0.2, 0.25) is 0 Å². The number of rotatable bonds is 8. The van der Waals surface area contributed by atoms with Gasteiger partial charge in [-0.15, -0.1) is 0 Å². The maximum Gasteiger partial charge on any atom is 0.324 e. The number of carbonyl (C=O) groups is 1. The smallest absolute Gasteiger partial charge is 0.324 e. The molecule has 0 aromatic rings. The van der Waals surface area contributed by atoms with Crippen LogP contribution in [0, 0.1) is 0 Å². The molecular weight excluding hydrogens is 192 g/mol. The van der Waals surface area contributed by atoms with Gasteiger partial charge in [0.1, 0.15) is 5.54 Å². The van der Waals surface area contributed by atoms with Crippen LogP contribution in [0.1, 0.15) is 34.1 Å². The number of likely N-dealkylation sites (N-methyl/N-ethyl adjacent to an activating group) is 2. The van der Waals surface area contributed by atoms with Crippen molar-refractivity contribution in [3.63, 3.8) is 0 Å². The second-order valence-electron chi connectivity index (χ2n) is 4.04. The summed E-state index contributed by atoms with van der Waals surface area (Å²) in [6, 6.07) is 0. The van der Waals surface area contributed by atoms with Crippen molar-refractivity contribution in [1.82, 2.24) is 10.2 Å². The van der Waals surface area contributed by atoms with Crippen molar-refractivity contribution in [3.8, 4) is 0 Å². The predicted molar refractivity (Wildman–Crippen MR) is 62.1 cm³/mol. The number of carboxylic acid groups (broad SMARTS) is 1. The van der Waals surface area contributed by atoms with Crippen LogP contribution >= 0.6 is 0 Å². The molecule has 0 aliphatic carbocycles. The first kappa shape index (κ1) is 14.4. The molecule has 0 fully saturated rings. The molecule has 0 spiro atoms. The van der Waals surface area contributed by atoms with Gasteiger partial charge < -0.3 is 15.3 Å². The van der Waals surface area contributed by atoms with E-state index in [0.29, 0.717) is 13.1 Å². The first-order chi connectivity index (χ1) is 7.00. The van der Waals surface area contributed by atoms with E-state index in [4.69, 9.17) is 0 Å². The minimum atomic E-state index is -0.833. The van der Waals surface area contributed by atoms with Crippen LogP contribution in [0.15, 0.2) is 0 Å². The summed E-state index contributed by atoms with van der Waals surface area (Å²) in [7, 11) is 0. The largest absolute Gasteiger partial charge is 0.480 e. The molecule has 0 aromatic carbocycles. The maximum atomic E-state index is 11.2. The molecule has 0 bridgehead atoms. The number of hydrogen-bond donors (Lipinski definition) is 2. The van der Waals surface area contributed by atoms with E-state index in [9.17, 15) is 9.90 Å². The van der Waals surface area contributed by atoms with Crippen LogP contribution in [-0.2, 0) is 4.79 Å². The van der Waals surface area contributed by atoms with Crippen LogP contribution in [0.5, 0.6) is 0 Å². The Balaban J connectivity index is 4.43. The lowest BCUT2D eigenvalue weighted by atomic mass is 10.0. The van der Waals surface area contributed by atoms with Crippen molar-refractivity contribution < 1.29 is 9.90 Å². The van der Waals surface area contributed by atoms with E-state index >= 15 is 0 Å². The van der Waals surface area contributed by atoms with Gasteiger partial charge in [-0.1, -0.05) is 20.8 Å². The molecule has 4 heteroatoms. The Kier molecular flexibility index (Phi) is 6.52. The molecule has 0 radical (unpaired) electrons. The van der Waals surface area contributed by atoms with E-state index in [1.807, 2.05) is 6.92 Å². The summed E-state index contributed by atoms with van der Waals surface area (Å²) in [5.41, 5.74) is -0.833. The van der Waals surface area contributed by atoms with Crippen LogP contribution in [0.2, 0.25) is 0 Å². The molecule has 0 rings (SSSR count). The monoisotopic (exact) mass is 216 g/mol. The Bertz CT molecular complexity index is 197.